The molecule has 1 aliphatic heterocycles. The van der Waals surface area contributed by atoms with Gasteiger partial charge in [-0.3, -0.25) is 9.59 Å². The van der Waals surface area contributed by atoms with Crippen LogP contribution in [0.1, 0.15) is 35.3 Å². The molecule has 1 N–H and O–H groups in total. The number of ether oxygens (including phenoxy) is 2. The smallest absolute Gasteiger partial charge is 0.259 e. The van der Waals surface area contributed by atoms with Gasteiger partial charge in [0, 0.05) is 43.9 Å². The lowest BCUT2D eigenvalue weighted by Gasteiger charge is -2.37. The maximum absolute atomic E-state index is 13.4. The van der Waals surface area contributed by atoms with Crippen LogP contribution in [0, 0.1) is 23.6 Å². The summed E-state index contributed by atoms with van der Waals surface area (Å²) < 4.78 is 24.2. The van der Waals surface area contributed by atoms with E-state index in [1.165, 1.54) is 30.3 Å². The molecule has 0 bridgehead atoms. The van der Waals surface area contributed by atoms with Crippen LogP contribution in [0.4, 0.5) is 4.39 Å². The molecule has 3 rings (SSSR count). The summed E-state index contributed by atoms with van der Waals surface area (Å²) in [5.41, 5.74) is 1.33. The number of aromatic nitrogens is 1. The summed E-state index contributed by atoms with van der Waals surface area (Å²) in [7, 11) is 3.12. The molecular weight excluding hydrogens is 453 g/mol. The van der Waals surface area contributed by atoms with E-state index in [1.807, 2.05) is 6.92 Å². The first kappa shape index (κ1) is 26.1. The third kappa shape index (κ3) is 6.56. The number of pyridine rings is 1. The molecule has 2 amide bonds. The predicted octanol–water partition coefficient (Wildman–Crippen LogP) is 1.95. The van der Waals surface area contributed by atoms with E-state index in [9.17, 15) is 19.1 Å². The fraction of sp³-hybridized carbons (Fsp3) is 0.423. The van der Waals surface area contributed by atoms with Gasteiger partial charge in [-0.2, -0.15) is 0 Å². The Balaban J connectivity index is 1.96. The summed E-state index contributed by atoms with van der Waals surface area (Å²) in [6, 6.07) is 6.95. The molecular formula is C26H30FN3O5. The minimum absolute atomic E-state index is 0.0469. The average Bonchev–Trinajstić information content (AvgIpc) is 2.85. The Morgan fingerprint density at radius 3 is 2.69 bits per heavy atom. The van der Waals surface area contributed by atoms with Gasteiger partial charge in [-0.05, 0) is 37.3 Å². The van der Waals surface area contributed by atoms with Gasteiger partial charge in [0.2, 0.25) is 11.8 Å². The van der Waals surface area contributed by atoms with Crippen LogP contribution in [0.3, 0.4) is 0 Å². The van der Waals surface area contributed by atoms with Crippen LogP contribution in [0.2, 0.25) is 0 Å². The van der Waals surface area contributed by atoms with Crippen LogP contribution in [0.5, 0.6) is 5.88 Å². The second kappa shape index (κ2) is 11.8. The molecule has 35 heavy (non-hydrogen) atoms. The number of hydrogen-bond donors (Lipinski definition) is 1. The van der Waals surface area contributed by atoms with Crippen molar-refractivity contribution in [2.24, 2.45) is 5.92 Å². The zero-order valence-electron chi connectivity index (χ0n) is 20.3. The molecule has 3 atom stereocenters. The van der Waals surface area contributed by atoms with E-state index in [0.717, 1.165) is 0 Å². The summed E-state index contributed by atoms with van der Waals surface area (Å²) in [6.45, 7) is 4.03. The number of likely N-dealkylation sites (N-methyl/N-ethyl adjacent to an activating group) is 1. The highest BCUT2D eigenvalue weighted by Gasteiger charge is 2.34. The number of amides is 2. The van der Waals surface area contributed by atoms with E-state index < -0.39 is 12.1 Å². The minimum Gasteiger partial charge on any atom is -0.472 e. The van der Waals surface area contributed by atoms with Crippen molar-refractivity contribution >= 4 is 11.8 Å². The van der Waals surface area contributed by atoms with Crippen LogP contribution in [-0.4, -0.2) is 84.3 Å². The summed E-state index contributed by atoms with van der Waals surface area (Å²) in [6.07, 6.45) is 1.05. The molecule has 1 aromatic heterocycles. The Kier molecular flexibility index (Phi) is 8.79. The lowest BCUT2D eigenvalue weighted by atomic mass is 10.00. The maximum Gasteiger partial charge on any atom is 0.259 e. The monoisotopic (exact) mass is 483 g/mol. The highest BCUT2D eigenvalue weighted by molar-refractivity contribution is 5.97. The van der Waals surface area contributed by atoms with Gasteiger partial charge in [0.15, 0.2) is 0 Å². The fourth-order valence-corrected chi connectivity index (χ4v) is 3.67. The van der Waals surface area contributed by atoms with Crippen LogP contribution in [0.25, 0.3) is 0 Å². The first-order valence-corrected chi connectivity index (χ1v) is 11.3. The quantitative estimate of drug-likeness (QED) is 0.632. The Morgan fingerprint density at radius 1 is 1.34 bits per heavy atom. The summed E-state index contributed by atoms with van der Waals surface area (Å²) >= 11 is 0. The van der Waals surface area contributed by atoms with Crippen molar-refractivity contribution in [2.45, 2.75) is 26.0 Å². The second-order valence-electron chi connectivity index (χ2n) is 8.66. The number of carbonyl (C=O) groups excluding carboxylic acids is 2. The number of methoxy groups -OCH3 is 1. The van der Waals surface area contributed by atoms with Crippen molar-refractivity contribution in [3.05, 3.63) is 59.0 Å². The largest absolute Gasteiger partial charge is 0.472 e. The number of aliphatic hydroxyl groups excluding tert-OH is 1. The van der Waals surface area contributed by atoms with Crippen molar-refractivity contribution in [3.8, 4) is 17.7 Å². The third-order valence-corrected chi connectivity index (χ3v) is 5.86. The van der Waals surface area contributed by atoms with Gasteiger partial charge in [0.05, 0.1) is 19.2 Å². The molecule has 0 radical (unpaired) electrons. The van der Waals surface area contributed by atoms with Gasteiger partial charge in [-0.25, -0.2) is 9.37 Å². The topological polar surface area (TPSA) is 92.2 Å². The van der Waals surface area contributed by atoms with E-state index in [0.29, 0.717) is 17.7 Å². The number of aliphatic hydroxyl groups is 1. The molecule has 9 heteroatoms. The Hall–Kier alpha value is -3.48. The SMILES string of the molecule is COCC(=O)N(C)C[C@@H]1Oc2ncc(C#Cc3ccc(F)cc3)cc2C(=O)N([C@H](C)CO)C[C@@H]1C. The van der Waals surface area contributed by atoms with E-state index in [-0.39, 0.29) is 54.8 Å². The number of hydrogen-bond acceptors (Lipinski definition) is 6. The zero-order chi connectivity index (χ0) is 25.5. The van der Waals surface area contributed by atoms with Crippen molar-refractivity contribution in [1.29, 1.82) is 0 Å². The van der Waals surface area contributed by atoms with Crippen molar-refractivity contribution in [1.82, 2.24) is 14.8 Å². The molecule has 0 fully saturated rings. The number of carbonyl (C=O) groups is 2. The van der Waals surface area contributed by atoms with Crippen LogP contribution < -0.4 is 4.74 Å². The molecule has 2 aromatic rings. The third-order valence-electron chi connectivity index (χ3n) is 5.86. The van der Waals surface area contributed by atoms with Gasteiger partial charge in [0.25, 0.3) is 5.91 Å². The molecule has 0 saturated heterocycles. The van der Waals surface area contributed by atoms with Crippen LogP contribution >= 0.6 is 0 Å². The molecule has 1 aliphatic rings. The van der Waals surface area contributed by atoms with E-state index in [4.69, 9.17) is 9.47 Å². The first-order valence-electron chi connectivity index (χ1n) is 11.3. The zero-order valence-corrected chi connectivity index (χ0v) is 20.3. The number of nitrogens with zero attached hydrogens (tertiary/aromatic N) is 3. The van der Waals surface area contributed by atoms with Gasteiger partial charge in [-0.1, -0.05) is 18.8 Å². The second-order valence-corrected chi connectivity index (χ2v) is 8.66. The molecule has 186 valence electrons. The lowest BCUT2D eigenvalue weighted by molar-refractivity contribution is -0.135. The fourth-order valence-electron chi connectivity index (χ4n) is 3.67. The van der Waals surface area contributed by atoms with Crippen molar-refractivity contribution in [3.63, 3.8) is 0 Å². The Morgan fingerprint density at radius 2 is 2.03 bits per heavy atom. The van der Waals surface area contributed by atoms with Crippen molar-refractivity contribution < 1.29 is 28.6 Å². The Bertz CT molecular complexity index is 1110. The normalized spacial score (nSPS) is 18.3. The van der Waals surface area contributed by atoms with Crippen LogP contribution in [0.15, 0.2) is 36.5 Å². The van der Waals surface area contributed by atoms with Gasteiger partial charge >= 0.3 is 0 Å². The summed E-state index contributed by atoms with van der Waals surface area (Å²) in [4.78, 5) is 33.2. The number of rotatable bonds is 6. The maximum atomic E-state index is 13.4. The summed E-state index contributed by atoms with van der Waals surface area (Å²) in [5.74, 6) is 5.00. The van der Waals surface area contributed by atoms with Gasteiger partial charge < -0.3 is 24.4 Å². The molecule has 0 spiro atoms. The minimum atomic E-state index is -0.454. The number of benzene rings is 1. The highest BCUT2D eigenvalue weighted by Crippen LogP contribution is 2.27. The molecule has 1 aromatic carbocycles. The Labute approximate surface area is 204 Å². The average molecular weight is 484 g/mol. The molecule has 0 unspecified atom stereocenters. The van der Waals surface area contributed by atoms with E-state index >= 15 is 0 Å². The predicted molar refractivity (Wildman–Crippen MR) is 127 cm³/mol. The first-order chi connectivity index (χ1) is 16.7. The molecule has 0 aliphatic carbocycles. The van der Waals surface area contributed by atoms with Gasteiger partial charge in [-0.15, -0.1) is 0 Å². The highest BCUT2D eigenvalue weighted by atomic mass is 19.1. The lowest BCUT2D eigenvalue weighted by Crippen LogP contribution is -2.50. The van der Waals surface area contributed by atoms with Crippen molar-refractivity contribution in [2.75, 3.05) is 40.5 Å². The standard InChI is InChI=1S/C26H30FN3O5/c1-17-13-30(18(2)15-31)26(33)22-11-20(6-5-19-7-9-21(27)10-8-19)12-28-25(22)35-23(17)14-29(3)24(32)16-34-4/h7-12,17-18,23,31H,13-16H2,1-4H3/t17-,18+,23-/m0/s1. The van der Waals surface area contributed by atoms with E-state index in [1.54, 1.807) is 37.1 Å². The molecule has 2 heterocycles. The number of fused-ring (bicyclic) bond motifs is 1. The number of halogens is 1. The van der Waals surface area contributed by atoms with Gasteiger partial charge in [0.1, 0.15) is 24.1 Å². The molecule has 0 saturated carbocycles. The van der Waals surface area contributed by atoms with Crippen LogP contribution in [-0.2, 0) is 9.53 Å². The van der Waals surface area contributed by atoms with E-state index in [2.05, 4.69) is 16.8 Å². The summed E-state index contributed by atoms with van der Waals surface area (Å²) in [5, 5.41) is 9.77. The molecule has 8 nitrogen and oxygen atoms in total.